The zero-order valence-corrected chi connectivity index (χ0v) is 12.5. The van der Waals surface area contributed by atoms with Gasteiger partial charge < -0.3 is 0 Å². The lowest BCUT2D eigenvalue weighted by molar-refractivity contribution is 0.431. The maximum atomic E-state index is 12.5. The number of hydrogen-bond donors (Lipinski definition) is 0. The summed E-state index contributed by atoms with van der Waals surface area (Å²) < 4.78 is 27.4. The number of nitrogens with zero attached hydrogens (tertiary/aromatic N) is 1. The average Bonchev–Trinajstić information content (AvgIpc) is 2.83. The summed E-state index contributed by atoms with van der Waals surface area (Å²) in [4.78, 5) is 0.337. The van der Waals surface area contributed by atoms with Crippen molar-refractivity contribution in [3.8, 4) is 0 Å². The van der Waals surface area contributed by atoms with Crippen LogP contribution in [0.4, 0.5) is 0 Å². The van der Waals surface area contributed by atoms with Crippen molar-refractivity contribution in [1.29, 1.82) is 0 Å². The Morgan fingerprint density at radius 1 is 0.895 bits per heavy atom. The fourth-order valence-electron chi connectivity index (χ4n) is 2.23. The Kier molecular flexibility index (Phi) is 3.20. The van der Waals surface area contributed by atoms with E-state index in [9.17, 15) is 8.42 Å². The Morgan fingerprint density at radius 3 is 1.95 bits per heavy atom. The number of halogens is 1. The van der Waals surface area contributed by atoms with Gasteiger partial charge in [-0.05, 0) is 35.4 Å². The summed E-state index contributed by atoms with van der Waals surface area (Å²) in [6, 6.07) is 14.6. The summed E-state index contributed by atoms with van der Waals surface area (Å²) in [6.07, 6.45) is 0. The van der Waals surface area contributed by atoms with Gasteiger partial charge in [-0.2, -0.15) is 4.31 Å². The van der Waals surface area contributed by atoms with Crippen molar-refractivity contribution in [2.45, 2.75) is 18.0 Å². The van der Waals surface area contributed by atoms with Gasteiger partial charge in [0.2, 0.25) is 10.0 Å². The van der Waals surface area contributed by atoms with E-state index in [0.29, 0.717) is 18.0 Å². The lowest BCUT2D eigenvalue weighted by Crippen LogP contribution is -2.25. The highest BCUT2D eigenvalue weighted by Gasteiger charge is 2.30. The molecule has 19 heavy (non-hydrogen) atoms. The fraction of sp³-hybridized carbons (Fsp3) is 0.143. The van der Waals surface area contributed by atoms with Gasteiger partial charge in [0.15, 0.2) is 0 Å². The summed E-state index contributed by atoms with van der Waals surface area (Å²) in [5, 5.41) is 0. The zero-order valence-electron chi connectivity index (χ0n) is 10.1. The Morgan fingerprint density at radius 2 is 1.42 bits per heavy atom. The number of rotatable bonds is 2. The first-order valence-corrected chi connectivity index (χ1v) is 8.13. The summed E-state index contributed by atoms with van der Waals surface area (Å²) >= 11 is 3.31. The van der Waals surface area contributed by atoms with Gasteiger partial charge in [-0.1, -0.05) is 40.2 Å². The lowest BCUT2D eigenvalue weighted by atomic mass is 10.1. The van der Waals surface area contributed by atoms with E-state index in [4.69, 9.17) is 0 Å². The molecular formula is C14H12BrNO2S. The second-order valence-corrected chi connectivity index (χ2v) is 7.35. The molecule has 2 aromatic carbocycles. The predicted molar refractivity (Wildman–Crippen MR) is 77.0 cm³/mol. The molecule has 1 aliphatic rings. The van der Waals surface area contributed by atoms with Crippen LogP contribution in [0.3, 0.4) is 0 Å². The van der Waals surface area contributed by atoms with Gasteiger partial charge in [0.05, 0.1) is 4.90 Å². The molecule has 0 saturated carbocycles. The third kappa shape index (κ3) is 2.33. The summed E-state index contributed by atoms with van der Waals surface area (Å²) in [5.41, 5.74) is 2.17. The van der Waals surface area contributed by atoms with E-state index in [2.05, 4.69) is 15.9 Å². The molecule has 0 aliphatic carbocycles. The Labute approximate surface area is 121 Å². The van der Waals surface area contributed by atoms with Gasteiger partial charge in [-0.3, -0.25) is 0 Å². The van der Waals surface area contributed by atoms with Crippen LogP contribution in [0.5, 0.6) is 0 Å². The van der Waals surface area contributed by atoms with E-state index in [-0.39, 0.29) is 0 Å². The van der Waals surface area contributed by atoms with Crippen LogP contribution < -0.4 is 0 Å². The summed E-state index contributed by atoms with van der Waals surface area (Å²) in [5.74, 6) is 0. The minimum atomic E-state index is -3.41. The molecular weight excluding hydrogens is 326 g/mol. The fourth-order valence-corrected chi connectivity index (χ4v) is 3.89. The van der Waals surface area contributed by atoms with Crippen LogP contribution in [0.15, 0.2) is 57.9 Å². The van der Waals surface area contributed by atoms with Crippen molar-refractivity contribution in [1.82, 2.24) is 4.31 Å². The van der Waals surface area contributed by atoms with Gasteiger partial charge >= 0.3 is 0 Å². The van der Waals surface area contributed by atoms with E-state index in [1.807, 2.05) is 24.3 Å². The van der Waals surface area contributed by atoms with Gasteiger partial charge in [-0.15, -0.1) is 0 Å². The minimum Gasteiger partial charge on any atom is -0.207 e. The smallest absolute Gasteiger partial charge is 0.207 e. The van der Waals surface area contributed by atoms with E-state index < -0.39 is 10.0 Å². The molecule has 98 valence electrons. The second-order valence-electron chi connectivity index (χ2n) is 4.50. The van der Waals surface area contributed by atoms with Crippen molar-refractivity contribution in [3.63, 3.8) is 0 Å². The molecule has 0 saturated heterocycles. The third-order valence-electron chi connectivity index (χ3n) is 3.26. The molecule has 0 spiro atoms. The monoisotopic (exact) mass is 337 g/mol. The molecule has 5 heteroatoms. The van der Waals surface area contributed by atoms with E-state index in [1.54, 1.807) is 24.3 Å². The molecule has 3 nitrogen and oxygen atoms in total. The summed E-state index contributed by atoms with van der Waals surface area (Å²) in [6.45, 7) is 0.906. The lowest BCUT2D eigenvalue weighted by Gasteiger charge is -2.15. The van der Waals surface area contributed by atoms with Crippen molar-refractivity contribution in [3.05, 3.63) is 64.1 Å². The number of hydrogen-bond acceptors (Lipinski definition) is 2. The molecule has 0 aromatic heterocycles. The van der Waals surface area contributed by atoms with E-state index in [0.717, 1.165) is 15.6 Å². The standard InChI is InChI=1S/C14H12BrNO2S/c15-13-5-7-14(8-6-13)19(17,18)16-9-11-3-1-2-4-12(11)10-16/h1-8H,9-10H2. The van der Waals surface area contributed by atoms with Crippen LogP contribution in [0.2, 0.25) is 0 Å². The van der Waals surface area contributed by atoms with Crippen LogP contribution in [-0.2, 0) is 23.1 Å². The largest absolute Gasteiger partial charge is 0.243 e. The predicted octanol–water partition coefficient (Wildman–Crippen LogP) is 3.15. The molecule has 0 fully saturated rings. The van der Waals surface area contributed by atoms with Crippen molar-refractivity contribution in [2.75, 3.05) is 0 Å². The molecule has 1 heterocycles. The normalized spacial score (nSPS) is 15.4. The second kappa shape index (κ2) is 4.74. The maximum Gasteiger partial charge on any atom is 0.243 e. The number of fused-ring (bicyclic) bond motifs is 1. The zero-order chi connectivity index (χ0) is 13.5. The Balaban J connectivity index is 1.94. The highest BCUT2D eigenvalue weighted by atomic mass is 79.9. The highest BCUT2D eigenvalue weighted by Crippen LogP contribution is 2.28. The van der Waals surface area contributed by atoms with Gasteiger partial charge in [0.1, 0.15) is 0 Å². The first kappa shape index (κ1) is 12.8. The first-order valence-electron chi connectivity index (χ1n) is 5.90. The Bertz CT molecular complexity index is 685. The molecule has 0 N–H and O–H groups in total. The maximum absolute atomic E-state index is 12.5. The van der Waals surface area contributed by atoms with Crippen LogP contribution in [0.25, 0.3) is 0 Å². The molecule has 0 bridgehead atoms. The molecule has 0 amide bonds. The molecule has 0 radical (unpaired) electrons. The molecule has 1 aliphatic heterocycles. The first-order chi connectivity index (χ1) is 9.07. The quantitative estimate of drug-likeness (QED) is 0.844. The van der Waals surface area contributed by atoms with Crippen LogP contribution in [0, 0.1) is 0 Å². The third-order valence-corrected chi connectivity index (χ3v) is 5.60. The summed E-state index contributed by atoms with van der Waals surface area (Å²) in [7, 11) is -3.41. The van der Waals surface area contributed by atoms with Crippen molar-refractivity contribution < 1.29 is 8.42 Å². The van der Waals surface area contributed by atoms with E-state index in [1.165, 1.54) is 4.31 Å². The molecule has 3 rings (SSSR count). The van der Waals surface area contributed by atoms with Gasteiger partial charge in [-0.25, -0.2) is 8.42 Å². The Hall–Kier alpha value is -1.17. The van der Waals surface area contributed by atoms with Crippen LogP contribution in [-0.4, -0.2) is 12.7 Å². The van der Waals surface area contributed by atoms with Crippen LogP contribution in [0.1, 0.15) is 11.1 Å². The highest BCUT2D eigenvalue weighted by molar-refractivity contribution is 9.10. The number of sulfonamides is 1. The van der Waals surface area contributed by atoms with Crippen molar-refractivity contribution in [2.24, 2.45) is 0 Å². The topological polar surface area (TPSA) is 37.4 Å². The van der Waals surface area contributed by atoms with Crippen molar-refractivity contribution >= 4 is 26.0 Å². The van der Waals surface area contributed by atoms with E-state index >= 15 is 0 Å². The molecule has 2 aromatic rings. The molecule has 0 unspecified atom stereocenters. The minimum absolute atomic E-state index is 0.337. The number of benzene rings is 2. The molecule has 0 atom stereocenters. The average molecular weight is 338 g/mol. The van der Waals surface area contributed by atoms with Gasteiger partial charge in [0.25, 0.3) is 0 Å². The van der Waals surface area contributed by atoms with Gasteiger partial charge in [0, 0.05) is 17.6 Å². The SMILES string of the molecule is O=S(=O)(c1ccc(Br)cc1)N1Cc2ccccc2C1. The van der Waals surface area contributed by atoms with Crippen LogP contribution >= 0.6 is 15.9 Å².